The zero-order chi connectivity index (χ0) is 16.3. The molecule has 4 unspecified atom stereocenters. The third-order valence-corrected chi connectivity index (χ3v) is 4.13. The van der Waals surface area contributed by atoms with Gasteiger partial charge in [0.25, 0.3) is 0 Å². The number of hydrogen-bond acceptors (Lipinski definition) is 12. The maximum atomic E-state index is 11.3. The summed E-state index contributed by atoms with van der Waals surface area (Å²) in [6, 6.07) is 0. The van der Waals surface area contributed by atoms with Crippen molar-refractivity contribution in [2.24, 2.45) is 0 Å². The van der Waals surface area contributed by atoms with E-state index in [4.69, 9.17) is 20.4 Å². The molecule has 0 aromatic rings. The fourth-order valence-corrected chi connectivity index (χ4v) is 2.79. The number of carbonyl (C=O) groups is 4. The van der Waals surface area contributed by atoms with E-state index < -0.39 is 64.0 Å². The van der Waals surface area contributed by atoms with Crippen LogP contribution in [0.5, 0.6) is 0 Å². The molecule has 6 N–H and O–H groups in total. The van der Waals surface area contributed by atoms with Gasteiger partial charge in [-0.05, 0) is 0 Å². The van der Waals surface area contributed by atoms with Crippen LogP contribution in [0.3, 0.4) is 0 Å². The van der Waals surface area contributed by atoms with Gasteiger partial charge < -0.3 is 5.48 Å². The molecule has 13 nitrogen and oxygen atoms in total. The average Bonchev–Trinajstić information content (AvgIpc) is 2.50. The summed E-state index contributed by atoms with van der Waals surface area (Å²) in [5.74, 6) is -6.98. The Kier molecular flexibility index (Phi) is 10.8. The molecule has 1 aliphatic heterocycles. The minimum absolute atomic E-state index is 0. The van der Waals surface area contributed by atoms with Gasteiger partial charge in [-0.15, -0.1) is 0 Å². The van der Waals surface area contributed by atoms with Crippen molar-refractivity contribution in [3.8, 4) is 0 Å². The number of carbonyl (C=O) groups excluding carboxylic acids is 4. The quantitative estimate of drug-likeness (QED) is 0.315. The summed E-state index contributed by atoms with van der Waals surface area (Å²) in [5.41, 5.74) is 0. The molecule has 1 saturated heterocycles. The Bertz CT molecular complexity index is 447. The Labute approximate surface area is 154 Å². The number of aliphatic hydroxyl groups is 4. The van der Waals surface area contributed by atoms with Crippen molar-refractivity contribution in [3.05, 3.63) is 0 Å². The van der Waals surface area contributed by atoms with Crippen LogP contribution in [-0.4, -0.2) is 89.9 Å². The first kappa shape index (κ1) is 24.5. The minimum Gasteiger partial charge on any atom is 1.00 e. The van der Waals surface area contributed by atoms with Crippen LogP contribution >= 0.6 is 0 Å². The van der Waals surface area contributed by atoms with Crippen LogP contribution in [0, 0.1) is 0 Å². The van der Waals surface area contributed by atoms with E-state index in [1.807, 2.05) is 0 Å². The summed E-state index contributed by atoms with van der Waals surface area (Å²) in [6.45, 7) is 0. The molecule has 15 heteroatoms. The number of rotatable bonds is 4. The van der Waals surface area contributed by atoms with Crippen molar-refractivity contribution >= 4 is 39.6 Å². The molecular weight excluding hydrogens is 402 g/mol. The fourth-order valence-electron chi connectivity index (χ4n) is 0.954. The summed E-state index contributed by atoms with van der Waals surface area (Å²) in [5, 5.41) is 46.4. The second-order valence-corrected chi connectivity index (χ2v) is 5.64. The van der Waals surface area contributed by atoms with Crippen LogP contribution in [0.25, 0.3) is 0 Å². The molecule has 1 fully saturated rings. The Morgan fingerprint density at radius 1 is 1.09 bits per heavy atom. The number of aliphatic hydroxyl groups excluding tert-OH is 4. The van der Waals surface area contributed by atoms with Gasteiger partial charge in [0.05, 0.1) is 0 Å². The van der Waals surface area contributed by atoms with Gasteiger partial charge >= 0.3 is 149 Å². The molecule has 0 aromatic heterocycles. The molecule has 1 rings (SSSR count). The summed E-state index contributed by atoms with van der Waals surface area (Å²) in [7, 11) is 0. The SMILES string of the molecule is O.O=C([O-])C(O)C(O)C(=O)O[As]1OC(=O)C(O)C(O)C(=O)O1.[Na+]. The molecule has 0 saturated carbocycles. The van der Waals surface area contributed by atoms with E-state index in [0.29, 0.717) is 0 Å². The van der Waals surface area contributed by atoms with Gasteiger partial charge in [0.2, 0.25) is 0 Å². The van der Waals surface area contributed by atoms with E-state index in [0.717, 1.165) is 0 Å². The molecule has 23 heavy (non-hydrogen) atoms. The molecule has 126 valence electrons. The average molecular weight is 412 g/mol. The minimum atomic E-state index is -3.98. The summed E-state index contributed by atoms with van der Waals surface area (Å²) in [4.78, 5) is 43.8. The molecule has 0 amide bonds. The van der Waals surface area contributed by atoms with Crippen LogP contribution < -0.4 is 34.7 Å². The van der Waals surface area contributed by atoms with Crippen LogP contribution in [0.15, 0.2) is 0 Å². The molecule has 1 aliphatic rings. The van der Waals surface area contributed by atoms with E-state index in [2.05, 4.69) is 11.2 Å². The zero-order valence-corrected chi connectivity index (χ0v) is 15.2. The van der Waals surface area contributed by atoms with Crippen molar-refractivity contribution < 1.29 is 90.9 Å². The van der Waals surface area contributed by atoms with Gasteiger partial charge in [-0.3, -0.25) is 0 Å². The van der Waals surface area contributed by atoms with Crippen molar-refractivity contribution in [1.29, 1.82) is 0 Å². The molecule has 0 radical (unpaired) electrons. The normalized spacial score (nSPS) is 26.2. The number of carboxylic acids is 1. The Morgan fingerprint density at radius 2 is 1.48 bits per heavy atom. The smallest absolute Gasteiger partial charge is 1.00 e. The van der Waals surface area contributed by atoms with Crippen LogP contribution in [0.2, 0.25) is 0 Å². The topological polar surface area (TPSA) is 231 Å². The first-order valence-electron chi connectivity index (χ1n) is 5.03. The summed E-state index contributed by atoms with van der Waals surface area (Å²) < 4.78 is 12.8. The fraction of sp³-hybridized carbons (Fsp3) is 0.500. The predicted octanol–water partition coefficient (Wildman–Crippen LogP) is -10.0. The molecule has 0 spiro atoms. The van der Waals surface area contributed by atoms with Crippen LogP contribution in [0.4, 0.5) is 0 Å². The van der Waals surface area contributed by atoms with Gasteiger partial charge in [0, 0.05) is 0 Å². The van der Waals surface area contributed by atoms with Gasteiger partial charge in [0.1, 0.15) is 0 Å². The molecular formula is C8H10AsNaO13. The first-order chi connectivity index (χ1) is 9.65. The Hall–Kier alpha value is -0.762. The van der Waals surface area contributed by atoms with E-state index in [1.54, 1.807) is 0 Å². The molecule has 0 aliphatic carbocycles. The van der Waals surface area contributed by atoms with E-state index in [1.165, 1.54) is 0 Å². The van der Waals surface area contributed by atoms with Crippen LogP contribution in [0.1, 0.15) is 0 Å². The van der Waals surface area contributed by atoms with E-state index >= 15 is 0 Å². The zero-order valence-electron chi connectivity index (χ0n) is 11.3. The van der Waals surface area contributed by atoms with Gasteiger partial charge in [-0.1, -0.05) is 0 Å². The molecule has 4 atom stereocenters. The monoisotopic (exact) mass is 412 g/mol. The first-order valence-corrected chi connectivity index (χ1v) is 7.33. The van der Waals surface area contributed by atoms with Gasteiger partial charge in [0.15, 0.2) is 0 Å². The van der Waals surface area contributed by atoms with Crippen molar-refractivity contribution in [1.82, 2.24) is 0 Å². The van der Waals surface area contributed by atoms with Crippen LogP contribution in [-0.2, 0) is 30.4 Å². The predicted molar refractivity (Wildman–Crippen MR) is 56.7 cm³/mol. The molecule has 0 bridgehead atoms. The second kappa shape index (κ2) is 10.2. The Balaban J connectivity index is 0. The van der Waals surface area contributed by atoms with Gasteiger partial charge in [-0.25, -0.2) is 0 Å². The van der Waals surface area contributed by atoms with E-state index in [9.17, 15) is 24.3 Å². The van der Waals surface area contributed by atoms with Gasteiger partial charge in [-0.2, -0.15) is 0 Å². The molecule has 1 heterocycles. The molecule has 0 aromatic carbocycles. The summed E-state index contributed by atoms with van der Waals surface area (Å²) in [6.07, 6.45) is -9.72. The maximum Gasteiger partial charge on any atom is 1.00 e. The number of hydrogen-bond donors (Lipinski definition) is 4. The van der Waals surface area contributed by atoms with Crippen molar-refractivity contribution in [2.45, 2.75) is 24.4 Å². The van der Waals surface area contributed by atoms with E-state index in [-0.39, 0.29) is 35.0 Å². The summed E-state index contributed by atoms with van der Waals surface area (Å²) >= 11 is -3.98. The van der Waals surface area contributed by atoms with Crippen molar-refractivity contribution in [2.75, 3.05) is 0 Å². The largest absolute Gasteiger partial charge is 1.00 e. The third kappa shape index (κ3) is 6.33. The third-order valence-electron chi connectivity index (χ3n) is 2.06. The standard InChI is InChI=1S/C8H9AsO12.Na.H2O/c10-1(5(14)15)2(11)6(16)19-9-20-7(17)3(12)4(13)8(18)21-9;;/h1-4,10-13H,(H,14,15);;1H2/q;+1;/p-1. The maximum absolute atomic E-state index is 11.3. The number of carboxylic acid groups (broad SMARTS) is 1. The Morgan fingerprint density at radius 3 is 1.83 bits per heavy atom. The van der Waals surface area contributed by atoms with Crippen molar-refractivity contribution in [3.63, 3.8) is 0 Å². The second-order valence-electron chi connectivity index (χ2n) is 3.55. The number of aliphatic carboxylic acids is 1.